The molecule has 0 saturated carbocycles. The molecule has 0 bridgehead atoms. The highest BCUT2D eigenvalue weighted by Gasteiger charge is 2.27. The maximum atomic E-state index is 12.8. The van der Waals surface area contributed by atoms with Gasteiger partial charge in [-0.15, -0.1) is 0 Å². The van der Waals surface area contributed by atoms with Gasteiger partial charge in [0, 0.05) is 28.9 Å². The molecule has 0 saturated heterocycles. The lowest BCUT2D eigenvalue weighted by Crippen LogP contribution is -2.25. The van der Waals surface area contributed by atoms with E-state index in [0.717, 1.165) is 22.6 Å². The first-order chi connectivity index (χ1) is 14.6. The van der Waals surface area contributed by atoms with Crippen molar-refractivity contribution in [2.45, 2.75) is 13.5 Å². The van der Waals surface area contributed by atoms with Crippen molar-refractivity contribution in [3.63, 3.8) is 0 Å². The molecular formula is C23H19N3O4. The van der Waals surface area contributed by atoms with E-state index in [1.54, 1.807) is 0 Å². The lowest BCUT2D eigenvalue weighted by atomic mass is 10.1. The largest absolute Gasteiger partial charge is 0.494 e. The van der Waals surface area contributed by atoms with Crippen LogP contribution in [0.3, 0.4) is 0 Å². The number of carbonyl (C=O) groups is 1. The van der Waals surface area contributed by atoms with Crippen LogP contribution in [0.25, 0.3) is 0 Å². The molecule has 1 aliphatic rings. The lowest BCUT2D eigenvalue weighted by molar-refractivity contribution is -0.384. The number of hydrogen-bond donors (Lipinski definition) is 0. The molecule has 0 fully saturated rings. The maximum absolute atomic E-state index is 12.8. The van der Waals surface area contributed by atoms with Gasteiger partial charge < -0.3 is 9.64 Å². The van der Waals surface area contributed by atoms with E-state index in [1.807, 2.05) is 60.4 Å². The molecule has 0 atom stereocenters. The molecule has 7 nitrogen and oxygen atoms in total. The summed E-state index contributed by atoms with van der Waals surface area (Å²) < 4.78 is 5.51. The number of nitrogens with zero attached hydrogens (tertiary/aromatic N) is 3. The first-order valence-corrected chi connectivity index (χ1v) is 9.53. The zero-order chi connectivity index (χ0) is 21.1. The summed E-state index contributed by atoms with van der Waals surface area (Å²) in [5.74, 6) is 0.879. The third-order valence-corrected chi connectivity index (χ3v) is 4.83. The molecule has 1 amide bonds. The van der Waals surface area contributed by atoms with E-state index < -0.39 is 10.8 Å². The summed E-state index contributed by atoms with van der Waals surface area (Å²) in [5.41, 5.74) is 3.08. The Morgan fingerprint density at radius 2 is 1.77 bits per heavy atom. The molecule has 0 N–H and O–H groups in total. The van der Waals surface area contributed by atoms with Gasteiger partial charge >= 0.3 is 0 Å². The fraction of sp³-hybridized carbons (Fsp3) is 0.130. The molecule has 7 heteroatoms. The van der Waals surface area contributed by atoms with E-state index in [2.05, 4.69) is 4.99 Å². The van der Waals surface area contributed by atoms with Crippen molar-refractivity contribution in [3.05, 3.63) is 99.6 Å². The van der Waals surface area contributed by atoms with Gasteiger partial charge in [0.25, 0.3) is 11.6 Å². The summed E-state index contributed by atoms with van der Waals surface area (Å²) in [6.07, 6.45) is 0. The van der Waals surface area contributed by atoms with Crippen LogP contribution in [0.1, 0.15) is 28.4 Å². The summed E-state index contributed by atoms with van der Waals surface area (Å²) >= 11 is 0. The topological polar surface area (TPSA) is 85.0 Å². The predicted octanol–water partition coefficient (Wildman–Crippen LogP) is 4.60. The van der Waals surface area contributed by atoms with Gasteiger partial charge in [0.1, 0.15) is 11.6 Å². The quantitative estimate of drug-likeness (QED) is 0.461. The van der Waals surface area contributed by atoms with E-state index in [9.17, 15) is 14.9 Å². The number of amidine groups is 1. The standard InChI is InChI=1S/C23H19N3O4/c1-2-30-20-13-11-18(12-14-20)25-15-17-5-3-4-6-21(17)22(25)24-23(27)16-7-9-19(10-8-16)26(28)29/h3-14H,2,15H2,1H3. The van der Waals surface area contributed by atoms with E-state index in [-0.39, 0.29) is 5.69 Å². The van der Waals surface area contributed by atoms with Crippen LogP contribution < -0.4 is 9.64 Å². The highest BCUT2D eigenvalue weighted by Crippen LogP contribution is 2.30. The van der Waals surface area contributed by atoms with Crippen molar-refractivity contribution in [2.75, 3.05) is 11.5 Å². The van der Waals surface area contributed by atoms with Gasteiger partial charge in [-0.1, -0.05) is 24.3 Å². The molecule has 4 rings (SSSR count). The predicted molar refractivity (Wildman–Crippen MR) is 114 cm³/mol. The molecule has 0 unspecified atom stereocenters. The molecule has 3 aromatic rings. The molecule has 30 heavy (non-hydrogen) atoms. The minimum absolute atomic E-state index is 0.0681. The third-order valence-electron chi connectivity index (χ3n) is 4.83. The molecule has 0 aliphatic carbocycles. The minimum Gasteiger partial charge on any atom is -0.494 e. The molecule has 3 aromatic carbocycles. The van der Waals surface area contributed by atoms with E-state index >= 15 is 0 Å². The second-order valence-corrected chi connectivity index (χ2v) is 6.71. The summed E-state index contributed by atoms with van der Waals surface area (Å²) in [4.78, 5) is 29.5. The fourth-order valence-corrected chi connectivity index (χ4v) is 3.38. The smallest absolute Gasteiger partial charge is 0.278 e. The normalized spacial score (nSPS) is 13.9. The SMILES string of the molecule is CCOc1ccc(N2Cc3ccccc3C2=NC(=O)c2ccc([N+](=O)[O-])cc2)cc1. The Morgan fingerprint density at radius 1 is 1.07 bits per heavy atom. The summed E-state index contributed by atoms with van der Waals surface area (Å²) in [7, 11) is 0. The van der Waals surface area contributed by atoms with Crippen LogP contribution in [0.2, 0.25) is 0 Å². The van der Waals surface area contributed by atoms with Crippen LogP contribution in [-0.4, -0.2) is 23.3 Å². The van der Waals surface area contributed by atoms with Crippen LogP contribution in [0.15, 0.2) is 77.8 Å². The second kappa shape index (κ2) is 8.16. The van der Waals surface area contributed by atoms with Crippen molar-refractivity contribution < 1.29 is 14.5 Å². The molecule has 0 radical (unpaired) electrons. The van der Waals surface area contributed by atoms with Crippen LogP contribution in [0.5, 0.6) is 5.75 Å². The van der Waals surface area contributed by atoms with Crippen molar-refractivity contribution in [1.82, 2.24) is 0 Å². The molecular weight excluding hydrogens is 382 g/mol. The highest BCUT2D eigenvalue weighted by molar-refractivity contribution is 6.18. The van der Waals surface area contributed by atoms with Gasteiger partial charge in [0.2, 0.25) is 0 Å². The molecule has 0 aromatic heterocycles. The number of non-ortho nitro benzene ring substituents is 1. The Balaban J connectivity index is 1.69. The van der Waals surface area contributed by atoms with Crippen LogP contribution in [-0.2, 0) is 6.54 Å². The first-order valence-electron chi connectivity index (χ1n) is 9.53. The Bertz CT molecular complexity index is 1120. The Hall–Kier alpha value is -4.00. The second-order valence-electron chi connectivity index (χ2n) is 6.71. The number of benzene rings is 3. The number of carbonyl (C=O) groups excluding carboxylic acids is 1. The molecule has 150 valence electrons. The van der Waals surface area contributed by atoms with Crippen molar-refractivity contribution in [3.8, 4) is 5.75 Å². The average molecular weight is 401 g/mol. The highest BCUT2D eigenvalue weighted by atomic mass is 16.6. The van der Waals surface area contributed by atoms with Gasteiger partial charge in [-0.25, -0.2) is 0 Å². The number of nitro benzene ring substituents is 1. The van der Waals surface area contributed by atoms with Crippen LogP contribution in [0.4, 0.5) is 11.4 Å². The number of nitro groups is 1. The van der Waals surface area contributed by atoms with Gasteiger partial charge in [-0.2, -0.15) is 4.99 Å². The van der Waals surface area contributed by atoms with Gasteiger partial charge in [0.05, 0.1) is 18.1 Å². The number of aliphatic imine (C=N–C) groups is 1. The zero-order valence-electron chi connectivity index (χ0n) is 16.3. The van der Waals surface area contributed by atoms with Gasteiger partial charge in [0.15, 0.2) is 0 Å². The van der Waals surface area contributed by atoms with E-state index in [1.165, 1.54) is 24.3 Å². The number of rotatable bonds is 5. The monoisotopic (exact) mass is 401 g/mol. The summed E-state index contributed by atoms with van der Waals surface area (Å²) in [6.45, 7) is 3.11. The fourth-order valence-electron chi connectivity index (χ4n) is 3.38. The van der Waals surface area contributed by atoms with Crippen molar-refractivity contribution in [2.24, 2.45) is 4.99 Å². The zero-order valence-corrected chi connectivity index (χ0v) is 16.3. The van der Waals surface area contributed by atoms with Crippen LogP contribution in [0, 0.1) is 10.1 Å². The number of anilines is 1. The van der Waals surface area contributed by atoms with E-state index in [4.69, 9.17) is 4.74 Å². The first kappa shape index (κ1) is 19.3. The van der Waals surface area contributed by atoms with Crippen molar-refractivity contribution >= 4 is 23.1 Å². The molecule has 1 aliphatic heterocycles. The average Bonchev–Trinajstić information content (AvgIpc) is 3.13. The summed E-state index contributed by atoms with van der Waals surface area (Å²) in [5, 5.41) is 10.8. The molecule has 1 heterocycles. The van der Waals surface area contributed by atoms with Gasteiger partial charge in [-0.05, 0) is 48.9 Å². The van der Waals surface area contributed by atoms with Crippen molar-refractivity contribution in [1.29, 1.82) is 0 Å². The van der Waals surface area contributed by atoms with Gasteiger partial charge in [-0.3, -0.25) is 14.9 Å². The van der Waals surface area contributed by atoms with Crippen LogP contribution >= 0.6 is 0 Å². The summed E-state index contributed by atoms with van der Waals surface area (Å²) in [6, 6.07) is 20.9. The van der Waals surface area contributed by atoms with E-state index in [0.29, 0.717) is 24.6 Å². The Morgan fingerprint density at radius 3 is 2.43 bits per heavy atom. The number of hydrogen-bond acceptors (Lipinski definition) is 4. The lowest BCUT2D eigenvalue weighted by Gasteiger charge is -2.19. The Labute approximate surface area is 173 Å². The maximum Gasteiger partial charge on any atom is 0.278 e. The molecule has 0 spiro atoms. The Kier molecular flexibility index (Phi) is 5.26. The third kappa shape index (κ3) is 3.77. The number of ether oxygens (including phenoxy) is 1. The number of amides is 1. The number of fused-ring (bicyclic) bond motifs is 1. The minimum atomic E-state index is -0.499.